The topological polar surface area (TPSA) is 74.5 Å². The van der Waals surface area contributed by atoms with E-state index in [-0.39, 0.29) is 17.7 Å². The molecule has 3 aromatic carbocycles. The predicted octanol–water partition coefficient (Wildman–Crippen LogP) is 6.56. The summed E-state index contributed by atoms with van der Waals surface area (Å²) >= 11 is 16.4. The molecule has 0 saturated heterocycles. The normalized spacial score (nSPS) is 10.8. The lowest BCUT2D eigenvalue weighted by molar-refractivity contribution is 0.0951. The van der Waals surface area contributed by atoms with Gasteiger partial charge in [0, 0.05) is 15.6 Å². The Hall–Kier alpha value is -1.94. The molecule has 0 aliphatic carbocycles. The summed E-state index contributed by atoms with van der Waals surface area (Å²) < 4.78 is 21.6. The van der Waals surface area contributed by atoms with Gasteiger partial charge in [-0.1, -0.05) is 29.3 Å². The first-order chi connectivity index (χ1) is 15.3. The number of ether oxygens (including phenoxy) is 1. The lowest BCUT2D eigenvalue weighted by Crippen LogP contribution is -2.19. The summed E-state index contributed by atoms with van der Waals surface area (Å²) in [6, 6.07) is 14.3. The van der Waals surface area contributed by atoms with E-state index in [1.807, 2.05) is 24.3 Å². The summed E-state index contributed by atoms with van der Waals surface area (Å²) in [5, 5.41) is 13.8. The van der Waals surface area contributed by atoms with Crippen molar-refractivity contribution in [2.75, 3.05) is 0 Å². The van der Waals surface area contributed by atoms with Crippen molar-refractivity contribution in [1.29, 1.82) is 5.26 Å². The average Bonchev–Trinajstić information content (AvgIpc) is 2.74. The molecule has 3 rings (SSSR count). The van der Waals surface area contributed by atoms with Gasteiger partial charge >= 0.3 is 0 Å². The number of halogens is 5. The van der Waals surface area contributed by atoms with E-state index < -0.39 is 11.7 Å². The highest BCUT2D eigenvalue weighted by Gasteiger charge is 2.12. The highest BCUT2D eigenvalue weighted by molar-refractivity contribution is 14.1. The first-order valence-corrected chi connectivity index (χ1v) is 11.8. The van der Waals surface area contributed by atoms with Gasteiger partial charge in [-0.25, -0.2) is 9.82 Å². The van der Waals surface area contributed by atoms with Crippen molar-refractivity contribution < 1.29 is 13.9 Å². The summed E-state index contributed by atoms with van der Waals surface area (Å²) in [5.41, 5.74) is 3.75. The molecule has 0 bridgehead atoms. The second-order valence-corrected chi connectivity index (χ2v) is 9.51. The maximum atomic E-state index is 13.9. The Balaban J connectivity index is 1.67. The van der Waals surface area contributed by atoms with E-state index in [0.717, 1.165) is 24.3 Å². The van der Waals surface area contributed by atoms with Gasteiger partial charge in [0.1, 0.15) is 18.2 Å². The molecule has 0 fully saturated rings. The standard InChI is InChI=1S/C22H12Cl2FI2N3O2/c23-15-3-2-14(17(24)8-15)11-32-21-19(26)6-13(7-20(21)27)10-29-30-22(31)16-4-1-12(9-28)5-18(16)25/h1-8,10H,11H2,(H,30,31)/b29-10-. The van der Waals surface area contributed by atoms with Crippen LogP contribution in [0.15, 0.2) is 53.6 Å². The van der Waals surface area contributed by atoms with Gasteiger partial charge in [-0.3, -0.25) is 4.79 Å². The molecule has 0 aliphatic rings. The van der Waals surface area contributed by atoms with Crippen molar-refractivity contribution in [3.63, 3.8) is 0 Å². The van der Waals surface area contributed by atoms with Crippen LogP contribution in [0.3, 0.4) is 0 Å². The number of hydrogen-bond acceptors (Lipinski definition) is 4. The first-order valence-electron chi connectivity index (χ1n) is 8.87. The summed E-state index contributed by atoms with van der Waals surface area (Å²) in [7, 11) is 0. The van der Waals surface area contributed by atoms with Crippen LogP contribution in [-0.4, -0.2) is 12.1 Å². The Bertz CT molecular complexity index is 1240. The van der Waals surface area contributed by atoms with Gasteiger partial charge in [-0.15, -0.1) is 0 Å². The van der Waals surface area contributed by atoms with Crippen LogP contribution in [0.1, 0.15) is 27.0 Å². The molecule has 162 valence electrons. The van der Waals surface area contributed by atoms with Crippen molar-refractivity contribution in [2.24, 2.45) is 5.10 Å². The fourth-order valence-electron chi connectivity index (χ4n) is 2.58. The van der Waals surface area contributed by atoms with Crippen LogP contribution in [0.25, 0.3) is 0 Å². The summed E-state index contributed by atoms with van der Waals surface area (Å²) in [5.74, 6) is -0.811. The summed E-state index contributed by atoms with van der Waals surface area (Å²) in [6.45, 7) is 0.279. The lowest BCUT2D eigenvalue weighted by atomic mass is 10.1. The molecule has 0 heterocycles. The molecule has 0 aromatic heterocycles. The maximum Gasteiger partial charge on any atom is 0.274 e. The van der Waals surface area contributed by atoms with Crippen LogP contribution in [0.5, 0.6) is 5.75 Å². The number of carbonyl (C=O) groups is 1. The molecule has 0 unspecified atom stereocenters. The molecule has 1 N–H and O–H groups in total. The molecular weight excluding hydrogens is 682 g/mol. The van der Waals surface area contributed by atoms with Gasteiger partial charge in [-0.2, -0.15) is 10.4 Å². The van der Waals surface area contributed by atoms with Crippen molar-refractivity contribution in [2.45, 2.75) is 6.61 Å². The molecule has 0 atom stereocenters. The number of amides is 1. The highest BCUT2D eigenvalue weighted by atomic mass is 127. The van der Waals surface area contributed by atoms with Gasteiger partial charge in [0.05, 0.1) is 30.6 Å². The minimum Gasteiger partial charge on any atom is -0.487 e. The number of benzene rings is 3. The Morgan fingerprint density at radius 2 is 1.88 bits per heavy atom. The number of nitrogens with one attached hydrogen (secondary N) is 1. The number of hydrazone groups is 1. The van der Waals surface area contributed by atoms with Gasteiger partial charge in [-0.05, 0) is 93.2 Å². The molecule has 0 aliphatic heterocycles. The third-order valence-electron chi connectivity index (χ3n) is 4.13. The molecule has 10 heteroatoms. The lowest BCUT2D eigenvalue weighted by Gasteiger charge is -2.12. The largest absolute Gasteiger partial charge is 0.487 e. The van der Waals surface area contributed by atoms with E-state index in [9.17, 15) is 9.18 Å². The van der Waals surface area contributed by atoms with Gasteiger partial charge < -0.3 is 4.74 Å². The summed E-state index contributed by atoms with van der Waals surface area (Å²) in [6.07, 6.45) is 1.45. The zero-order chi connectivity index (χ0) is 23.3. The Kier molecular flexibility index (Phi) is 8.70. The van der Waals surface area contributed by atoms with E-state index in [1.54, 1.807) is 12.1 Å². The molecule has 32 heavy (non-hydrogen) atoms. The fourth-order valence-corrected chi connectivity index (χ4v) is 5.17. The minimum atomic E-state index is -0.789. The van der Waals surface area contributed by atoms with Gasteiger partial charge in [0.25, 0.3) is 5.91 Å². The van der Waals surface area contributed by atoms with E-state index >= 15 is 0 Å². The third-order valence-corrected chi connectivity index (χ3v) is 6.32. The number of rotatable bonds is 6. The Morgan fingerprint density at radius 1 is 1.16 bits per heavy atom. The predicted molar refractivity (Wildman–Crippen MR) is 139 cm³/mol. The van der Waals surface area contributed by atoms with Crippen LogP contribution >= 0.6 is 68.4 Å². The molecule has 0 spiro atoms. The molecule has 1 amide bonds. The monoisotopic (exact) mass is 693 g/mol. The van der Waals surface area contributed by atoms with Crippen LogP contribution in [0.4, 0.5) is 4.39 Å². The van der Waals surface area contributed by atoms with Crippen molar-refractivity contribution in [3.05, 3.63) is 93.8 Å². The van der Waals surface area contributed by atoms with Gasteiger partial charge in [0.2, 0.25) is 0 Å². The summed E-state index contributed by atoms with van der Waals surface area (Å²) in [4.78, 5) is 12.1. The highest BCUT2D eigenvalue weighted by Crippen LogP contribution is 2.30. The Morgan fingerprint density at radius 3 is 2.50 bits per heavy atom. The molecule has 5 nitrogen and oxygen atoms in total. The zero-order valence-corrected chi connectivity index (χ0v) is 21.8. The third kappa shape index (κ3) is 6.31. The van der Waals surface area contributed by atoms with Crippen LogP contribution < -0.4 is 10.2 Å². The van der Waals surface area contributed by atoms with Crippen LogP contribution in [0.2, 0.25) is 10.0 Å². The first kappa shape index (κ1) is 24.7. The Labute approximate surface area is 220 Å². The van der Waals surface area contributed by atoms with E-state index in [2.05, 4.69) is 55.7 Å². The number of nitrogens with zero attached hydrogens (tertiary/aromatic N) is 2. The van der Waals surface area contributed by atoms with E-state index in [4.69, 9.17) is 33.2 Å². The van der Waals surface area contributed by atoms with E-state index in [1.165, 1.54) is 18.3 Å². The fraction of sp³-hybridized carbons (Fsp3) is 0.0455. The zero-order valence-electron chi connectivity index (χ0n) is 16.0. The van der Waals surface area contributed by atoms with E-state index in [0.29, 0.717) is 15.8 Å². The number of nitriles is 1. The molecule has 0 saturated carbocycles. The quantitative estimate of drug-likeness (QED) is 0.181. The second kappa shape index (κ2) is 11.3. The smallest absolute Gasteiger partial charge is 0.274 e. The van der Waals surface area contributed by atoms with Gasteiger partial charge in [0.15, 0.2) is 0 Å². The number of carbonyl (C=O) groups excluding carboxylic acids is 1. The molecular formula is C22H12Cl2FI2N3O2. The van der Waals surface area contributed by atoms with Crippen molar-refractivity contribution >= 4 is 80.5 Å². The van der Waals surface area contributed by atoms with Crippen LogP contribution in [0, 0.1) is 24.3 Å². The van der Waals surface area contributed by atoms with Crippen molar-refractivity contribution in [1.82, 2.24) is 5.43 Å². The maximum absolute atomic E-state index is 13.9. The van der Waals surface area contributed by atoms with Crippen LogP contribution in [-0.2, 0) is 6.61 Å². The average molecular weight is 694 g/mol. The molecule has 0 radical (unpaired) electrons. The van der Waals surface area contributed by atoms with Crippen molar-refractivity contribution in [3.8, 4) is 11.8 Å². The SMILES string of the molecule is N#Cc1ccc(C(=O)N/N=C\c2cc(I)c(OCc3ccc(Cl)cc3Cl)c(I)c2)c(F)c1. The second-order valence-electron chi connectivity index (χ2n) is 6.34. The number of hydrogen-bond donors (Lipinski definition) is 1. The molecule has 3 aromatic rings. The minimum absolute atomic E-state index is 0.132.